The van der Waals surface area contributed by atoms with E-state index >= 15 is 0 Å². The highest BCUT2D eigenvalue weighted by atomic mass is 16.5. The number of aryl methyl sites for hydroxylation is 1. The minimum atomic E-state index is -0.517. The van der Waals surface area contributed by atoms with Gasteiger partial charge < -0.3 is 15.0 Å². The summed E-state index contributed by atoms with van der Waals surface area (Å²) in [6.07, 6.45) is 2.08. The van der Waals surface area contributed by atoms with Crippen molar-refractivity contribution in [3.05, 3.63) is 65.7 Å². The SMILES string of the molecule is CC[C@H](C(=O)N[C@@H](C)CC)N(CCc1ccccc1)C(=O)COc1ccc(C)cc1. The van der Waals surface area contributed by atoms with Crippen molar-refractivity contribution < 1.29 is 14.3 Å². The summed E-state index contributed by atoms with van der Waals surface area (Å²) in [4.78, 5) is 27.6. The second kappa shape index (κ2) is 12.0. The molecule has 0 aromatic heterocycles. The lowest BCUT2D eigenvalue weighted by atomic mass is 10.1. The standard InChI is InChI=1S/C25H34N2O3/c1-5-20(4)26-25(29)23(6-2)27(17-16-21-10-8-7-9-11-21)24(28)18-30-22-14-12-19(3)13-15-22/h7-15,20,23H,5-6,16-18H2,1-4H3,(H,26,29)/t20-,23+/m0/s1. The molecular formula is C25H34N2O3. The van der Waals surface area contributed by atoms with Crippen LogP contribution in [0.2, 0.25) is 0 Å². The van der Waals surface area contributed by atoms with E-state index in [1.807, 2.05) is 82.3 Å². The summed E-state index contributed by atoms with van der Waals surface area (Å²) in [6.45, 7) is 8.31. The van der Waals surface area contributed by atoms with Crippen molar-refractivity contribution >= 4 is 11.8 Å². The molecule has 0 aliphatic rings. The molecule has 2 aromatic rings. The molecule has 5 heteroatoms. The Morgan fingerprint density at radius 1 is 1.00 bits per heavy atom. The average Bonchev–Trinajstić information content (AvgIpc) is 2.76. The number of carbonyl (C=O) groups excluding carboxylic acids is 2. The molecule has 0 aliphatic heterocycles. The van der Waals surface area contributed by atoms with Gasteiger partial charge in [-0.3, -0.25) is 9.59 Å². The smallest absolute Gasteiger partial charge is 0.261 e. The highest BCUT2D eigenvalue weighted by Crippen LogP contribution is 2.14. The lowest BCUT2D eigenvalue weighted by Gasteiger charge is -2.31. The van der Waals surface area contributed by atoms with Gasteiger partial charge in [0, 0.05) is 12.6 Å². The minimum absolute atomic E-state index is 0.0708. The van der Waals surface area contributed by atoms with Crippen LogP contribution in [0.3, 0.4) is 0 Å². The molecule has 2 atom stereocenters. The zero-order chi connectivity index (χ0) is 21.9. The summed E-state index contributed by atoms with van der Waals surface area (Å²) in [6, 6.07) is 17.1. The van der Waals surface area contributed by atoms with Gasteiger partial charge in [0.05, 0.1) is 0 Å². The Labute approximate surface area is 180 Å². The maximum atomic E-state index is 13.1. The largest absolute Gasteiger partial charge is 0.484 e. The third-order valence-electron chi connectivity index (χ3n) is 5.25. The van der Waals surface area contributed by atoms with Crippen LogP contribution in [0.25, 0.3) is 0 Å². The number of hydrogen-bond donors (Lipinski definition) is 1. The van der Waals surface area contributed by atoms with Crippen molar-refractivity contribution in [3.63, 3.8) is 0 Å². The number of benzene rings is 2. The van der Waals surface area contributed by atoms with Gasteiger partial charge >= 0.3 is 0 Å². The highest BCUT2D eigenvalue weighted by Gasteiger charge is 2.29. The summed E-state index contributed by atoms with van der Waals surface area (Å²) in [5, 5.41) is 3.02. The van der Waals surface area contributed by atoms with E-state index in [2.05, 4.69) is 5.32 Å². The molecule has 162 valence electrons. The number of carbonyl (C=O) groups is 2. The van der Waals surface area contributed by atoms with Gasteiger partial charge in [0.1, 0.15) is 11.8 Å². The van der Waals surface area contributed by atoms with Crippen LogP contribution in [0.5, 0.6) is 5.75 Å². The van der Waals surface area contributed by atoms with Crippen LogP contribution in [-0.2, 0) is 16.0 Å². The predicted octanol–water partition coefficient (Wildman–Crippen LogP) is 4.14. The summed E-state index contributed by atoms with van der Waals surface area (Å²) in [7, 11) is 0. The van der Waals surface area contributed by atoms with Crippen molar-refractivity contribution in [1.82, 2.24) is 10.2 Å². The van der Waals surface area contributed by atoms with Gasteiger partial charge in [-0.25, -0.2) is 0 Å². The summed E-state index contributed by atoms with van der Waals surface area (Å²) in [5.74, 6) is 0.357. The maximum Gasteiger partial charge on any atom is 0.261 e. The Kier molecular flexibility index (Phi) is 9.39. The molecule has 0 aliphatic carbocycles. The first kappa shape index (κ1) is 23.5. The van der Waals surface area contributed by atoms with E-state index in [0.717, 1.165) is 17.5 Å². The van der Waals surface area contributed by atoms with Crippen molar-refractivity contribution in [3.8, 4) is 5.75 Å². The van der Waals surface area contributed by atoms with Crippen LogP contribution in [0, 0.1) is 6.92 Å². The number of rotatable bonds is 11. The monoisotopic (exact) mass is 410 g/mol. The van der Waals surface area contributed by atoms with E-state index in [-0.39, 0.29) is 24.5 Å². The normalized spacial score (nSPS) is 12.7. The molecule has 0 fully saturated rings. The van der Waals surface area contributed by atoms with E-state index < -0.39 is 6.04 Å². The van der Waals surface area contributed by atoms with Crippen molar-refractivity contribution in [2.24, 2.45) is 0 Å². The van der Waals surface area contributed by atoms with Crippen LogP contribution in [0.15, 0.2) is 54.6 Å². The second-order valence-corrected chi connectivity index (χ2v) is 7.67. The maximum absolute atomic E-state index is 13.1. The number of hydrogen-bond acceptors (Lipinski definition) is 3. The molecule has 0 bridgehead atoms. The first-order chi connectivity index (χ1) is 14.4. The lowest BCUT2D eigenvalue weighted by molar-refractivity contribution is -0.142. The van der Waals surface area contributed by atoms with Gasteiger partial charge in [-0.1, -0.05) is 61.9 Å². The van der Waals surface area contributed by atoms with E-state index in [0.29, 0.717) is 25.1 Å². The highest BCUT2D eigenvalue weighted by molar-refractivity contribution is 5.88. The summed E-state index contributed by atoms with van der Waals surface area (Å²) >= 11 is 0. The Balaban J connectivity index is 2.11. The molecule has 0 saturated heterocycles. The van der Waals surface area contributed by atoms with E-state index in [1.165, 1.54) is 0 Å². The molecule has 2 rings (SSSR count). The molecule has 5 nitrogen and oxygen atoms in total. The Hall–Kier alpha value is -2.82. The molecule has 30 heavy (non-hydrogen) atoms. The van der Waals surface area contributed by atoms with Gasteiger partial charge in [0.25, 0.3) is 5.91 Å². The minimum Gasteiger partial charge on any atom is -0.484 e. The van der Waals surface area contributed by atoms with Gasteiger partial charge in [0.2, 0.25) is 5.91 Å². The van der Waals surface area contributed by atoms with E-state index in [9.17, 15) is 9.59 Å². The first-order valence-corrected chi connectivity index (χ1v) is 10.8. The zero-order valence-electron chi connectivity index (χ0n) is 18.6. The molecule has 0 saturated carbocycles. The van der Waals surface area contributed by atoms with E-state index in [1.54, 1.807) is 4.90 Å². The van der Waals surface area contributed by atoms with Crippen LogP contribution < -0.4 is 10.1 Å². The average molecular weight is 411 g/mol. The van der Waals surface area contributed by atoms with Crippen LogP contribution in [0.4, 0.5) is 0 Å². The lowest BCUT2D eigenvalue weighted by Crippen LogP contribution is -2.52. The third kappa shape index (κ3) is 7.21. The predicted molar refractivity (Wildman–Crippen MR) is 121 cm³/mol. The number of ether oxygens (including phenoxy) is 1. The summed E-state index contributed by atoms with van der Waals surface area (Å²) < 4.78 is 5.71. The first-order valence-electron chi connectivity index (χ1n) is 10.8. The zero-order valence-corrected chi connectivity index (χ0v) is 18.6. The number of nitrogens with zero attached hydrogens (tertiary/aromatic N) is 1. The van der Waals surface area contributed by atoms with Crippen LogP contribution in [0.1, 0.15) is 44.7 Å². The van der Waals surface area contributed by atoms with Gasteiger partial charge in [-0.05, 0) is 50.8 Å². The van der Waals surface area contributed by atoms with Crippen molar-refractivity contribution in [2.75, 3.05) is 13.2 Å². The molecule has 0 heterocycles. The fraction of sp³-hybridized carbons (Fsp3) is 0.440. The van der Waals surface area contributed by atoms with E-state index in [4.69, 9.17) is 4.74 Å². The fourth-order valence-electron chi connectivity index (χ4n) is 3.20. The number of nitrogens with one attached hydrogen (secondary N) is 1. The summed E-state index contributed by atoms with van der Waals surface area (Å²) in [5.41, 5.74) is 2.26. The Morgan fingerprint density at radius 3 is 2.27 bits per heavy atom. The quantitative estimate of drug-likeness (QED) is 0.606. The van der Waals surface area contributed by atoms with Gasteiger partial charge in [-0.15, -0.1) is 0 Å². The molecule has 0 radical (unpaired) electrons. The molecule has 0 unspecified atom stereocenters. The molecule has 2 aromatic carbocycles. The Morgan fingerprint density at radius 2 is 1.67 bits per heavy atom. The molecular weight excluding hydrogens is 376 g/mol. The fourth-order valence-corrected chi connectivity index (χ4v) is 3.20. The number of amides is 2. The molecule has 2 amide bonds. The van der Waals surface area contributed by atoms with Gasteiger partial charge in [-0.2, -0.15) is 0 Å². The van der Waals surface area contributed by atoms with Crippen molar-refractivity contribution in [1.29, 1.82) is 0 Å². The van der Waals surface area contributed by atoms with Crippen molar-refractivity contribution in [2.45, 2.75) is 59.0 Å². The van der Waals surface area contributed by atoms with Crippen LogP contribution >= 0.6 is 0 Å². The van der Waals surface area contributed by atoms with Crippen LogP contribution in [-0.4, -0.2) is 41.9 Å². The topological polar surface area (TPSA) is 58.6 Å². The molecule has 0 spiro atoms. The van der Waals surface area contributed by atoms with Gasteiger partial charge in [0.15, 0.2) is 6.61 Å². The third-order valence-corrected chi connectivity index (χ3v) is 5.25. The molecule has 1 N–H and O–H groups in total. The Bertz CT molecular complexity index is 790. The second-order valence-electron chi connectivity index (χ2n) is 7.67.